The summed E-state index contributed by atoms with van der Waals surface area (Å²) in [6.07, 6.45) is 3.35. The van der Waals surface area contributed by atoms with Crippen molar-refractivity contribution in [2.24, 2.45) is 5.10 Å². The lowest BCUT2D eigenvalue weighted by atomic mass is 9.89. The Bertz CT molecular complexity index is 1130. The van der Waals surface area contributed by atoms with Gasteiger partial charge in [0.1, 0.15) is 5.84 Å². The molecule has 1 aromatic carbocycles. The van der Waals surface area contributed by atoms with Gasteiger partial charge in [-0.15, -0.1) is 0 Å². The average molecular weight is 529 g/mol. The predicted molar refractivity (Wildman–Crippen MR) is 145 cm³/mol. The van der Waals surface area contributed by atoms with Gasteiger partial charge in [-0.1, -0.05) is 6.07 Å². The number of rotatable bonds is 5. The number of benzene rings is 1. The van der Waals surface area contributed by atoms with Crippen LogP contribution in [0.1, 0.15) is 54.7 Å². The topological polar surface area (TPSA) is 99.1 Å². The molecule has 0 aliphatic carbocycles. The predicted octanol–water partition coefficient (Wildman–Crippen LogP) is 3.01. The first-order valence-electron chi connectivity index (χ1n) is 13.6. The van der Waals surface area contributed by atoms with E-state index < -0.39 is 6.43 Å². The van der Waals surface area contributed by atoms with Crippen LogP contribution >= 0.6 is 0 Å². The van der Waals surface area contributed by atoms with Gasteiger partial charge in [0.05, 0.1) is 6.54 Å². The molecule has 0 spiro atoms. The van der Waals surface area contributed by atoms with Crippen molar-refractivity contribution in [3.63, 3.8) is 0 Å². The number of aryl methyl sites for hydroxylation is 1. The summed E-state index contributed by atoms with van der Waals surface area (Å²) >= 11 is 0. The summed E-state index contributed by atoms with van der Waals surface area (Å²) in [5.41, 5.74) is 4.04. The molecule has 4 aliphatic heterocycles. The zero-order valence-corrected chi connectivity index (χ0v) is 22.2. The fourth-order valence-electron chi connectivity index (χ4n) is 6.01. The Hall–Kier alpha value is -3.21. The van der Waals surface area contributed by atoms with E-state index in [0.717, 1.165) is 55.6 Å². The largest absolute Gasteiger partial charge is 0.385 e. The van der Waals surface area contributed by atoms with Crippen LogP contribution in [0.25, 0.3) is 0 Å². The molecule has 1 atom stereocenters. The molecule has 0 bridgehead atoms. The highest BCUT2D eigenvalue weighted by molar-refractivity contribution is 6.09. The number of carbonyl (C=O) groups excluding carboxylic acids is 1. The van der Waals surface area contributed by atoms with Crippen molar-refractivity contribution in [3.8, 4) is 0 Å². The van der Waals surface area contributed by atoms with Crippen molar-refractivity contribution in [2.75, 3.05) is 58.3 Å². The van der Waals surface area contributed by atoms with Gasteiger partial charge in [0, 0.05) is 80.8 Å². The lowest BCUT2D eigenvalue weighted by Gasteiger charge is -2.38. The fourth-order valence-corrected chi connectivity index (χ4v) is 6.01. The maximum absolute atomic E-state index is 14.3. The van der Waals surface area contributed by atoms with Crippen molar-refractivity contribution < 1.29 is 13.6 Å². The third kappa shape index (κ3) is 5.34. The molecule has 5 rings (SSSR count). The summed E-state index contributed by atoms with van der Waals surface area (Å²) in [7, 11) is 3.45. The monoisotopic (exact) mass is 528 g/mol. The van der Waals surface area contributed by atoms with Gasteiger partial charge in [0.15, 0.2) is 0 Å². The van der Waals surface area contributed by atoms with Crippen molar-refractivity contribution >= 4 is 23.8 Å². The molecule has 0 saturated carbocycles. The Balaban J connectivity index is 1.49. The third-order valence-corrected chi connectivity index (χ3v) is 8.06. The minimum atomic E-state index is -2.62. The van der Waals surface area contributed by atoms with Crippen LogP contribution in [-0.2, 0) is 6.42 Å². The SMILES string of the molecule is CNC(=O)N1CCC(NC2CCNCC2)=C(C(=N)N2CCCc3cc(C4C=NN(C)C4)c(C(F)F)cc32)C1. The standard InChI is InChI=1S/C27H38F2N8O/c1-31-27(38)36-11-7-23(34-19-5-8-32-9-6-19)22(16-36)26(30)37-10-3-4-17-12-20(18-14-33-35(2)15-18)21(25(28)29)13-24(17)37/h12-14,18-19,25,30,32,34H,3-11,15-16H2,1-2H3,(H,31,38). The number of alkyl halides is 2. The Morgan fingerprint density at radius 1 is 1.21 bits per heavy atom. The van der Waals surface area contributed by atoms with Crippen molar-refractivity contribution in [3.05, 3.63) is 40.1 Å². The van der Waals surface area contributed by atoms with E-state index in [4.69, 9.17) is 0 Å². The number of anilines is 1. The van der Waals surface area contributed by atoms with Crippen molar-refractivity contribution in [2.45, 2.75) is 50.5 Å². The Morgan fingerprint density at radius 3 is 2.68 bits per heavy atom. The molecule has 0 aromatic heterocycles. The number of amides is 2. The Labute approximate surface area is 222 Å². The Morgan fingerprint density at radius 2 is 2.00 bits per heavy atom. The number of carbonyl (C=O) groups is 1. The van der Waals surface area contributed by atoms with Gasteiger partial charge in [0.2, 0.25) is 0 Å². The van der Waals surface area contributed by atoms with Crippen LogP contribution in [0.2, 0.25) is 0 Å². The highest BCUT2D eigenvalue weighted by Gasteiger charge is 2.33. The lowest BCUT2D eigenvalue weighted by molar-refractivity contribution is 0.150. The van der Waals surface area contributed by atoms with Crippen LogP contribution < -0.4 is 20.9 Å². The van der Waals surface area contributed by atoms with Crippen LogP contribution in [0.5, 0.6) is 0 Å². The quantitative estimate of drug-likeness (QED) is 0.348. The molecule has 9 nitrogen and oxygen atoms in total. The zero-order chi connectivity index (χ0) is 26.8. The number of nitrogens with one attached hydrogen (secondary N) is 4. The molecule has 4 heterocycles. The second-order valence-corrected chi connectivity index (χ2v) is 10.6. The first-order valence-corrected chi connectivity index (χ1v) is 13.6. The van der Waals surface area contributed by atoms with Gasteiger partial charge in [-0.05, 0) is 56.0 Å². The minimum Gasteiger partial charge on any atom is -0.385 e. The fraction of sp³-hybridized carbons (Fsp3) is 0.593. The van der Waals surface area contributed by atoms with Crippen LogP contribution in [0.4, 0.5) is 19.3 Å². The maximum atomic E-state index is 14.3. The number of hydrazone groups is 1. The Kier molecular flexibility index (Phi) is 7.83. The molecule has 4 aliphatic rings. The van der Waals surface area contributed by atoms with Gasteiger partial charge in [-0.3, -0.25) is 10.4 Å². The summed E-state index contributed by atoms with van der Waals surface area (Å²) in [6, 6.07) is 3.64. The lowest BCUT2D eigenvalue weighted by Crippen LogP contribution is -2.49. The van der Waals surface area contributed by atoms with Gasteiger partial charge < -0.3 is 25.8 Å². The maximum Gasteiger partial charge on any atom is 0.317 e. The molecule has 1 saturated heterocycles. The number of piperidine rings is 1. The van der Waals surface area contributed by atoms with E-state index in [-0.39, 0.29) is 23.3 Å². The molecule has 4 N–H and O–H groups in total. The molecule has 1 fully saturated rings. The van der Waals surface area contributed by atoms with Gasteiger partial charge in [-0.25, -0.2) is 13.6 Å². The number of halogens is 2. The minimum absolute atomic E-state index is 0.00728. The number of fused-ring (bicyclic) bond motifs is 1. The molecule has 1 unspecified atom stereocenters. The highest BCUT2D eigenvalue weighted by atomic mass is 19.3. The van der Waals surface area contributed by atoms with Crippen LogP contribution in [0.3, 0.4) is 0 Å². The van der Waals surface area contributed by atoms with E-state index in [2.05, 4.69) is 21.1 Å². The van der Waals surface area contributed by atoms with Gasteiger partial charge >= 0.3 is 6.03 Å². The van der Waals surface area contributed by atoms with Crippen molar-refractivity contribution in [1.82, 2.24) is 25.9 Å². The molecule has 206 valence electrons. The number of hydrogen-bond donors (Lipinski definition) is 4. The second kappa shape index (κ2) is 11.3. The zero-order valence-electron chi connectivity index (χ0n) is 22.2. The number of hydrogen-bond acceptors (Lipinski definition) is 6. The highest BCUT2D eigenvalue weighted by Crippen LogP contribution is 2.39. The van der Waals surface area contributed by atoms with E-state index >= 15 is 0 Å². The number of urea groups is 1. The normalized spacial score (nSPS) is 22.2. The molecule has 11 heteroatoms. The molecule has 1 aromatic rings. The molecule has 2 amide bonds. The molecule has 0 radical (unpaired) electrons. The van der Waals surface area contributed by atoms with Crippen LogP contribution in [-0.4, -0.2) is 87.4 Å². The van der Waals surface area contributed by atoms with Crippen LogP contribution in [0, 0.1) is 5.41 Å². The van der Waals surface area contributed by atoms with E-state index in [0.29, 0.717) is 49.9 Å². The number of likely N-dealkylation sites (N-methyl/N-ethyl adjacent to an activating group) is 1. The van der Waals surface area contributed by atoms with E-state index in [1.54, 1.807) is 29.2 Å². The van der Waals surface area contributed by atoms with Crippen LogP contribution in [0.15, 0.2) is 28.5 Å². The third-order valence-electron chi connectivity index (χ3n) is 8.06. The molecule has 38 heavy (non-hydrogen) atoms. The number of nitrogens with zero attached hydrogens (tertiary/aromatic N) is 4. The summed E-state index contributed by atoms with van der Waals surface area (Å²) in [4.78, 5) is 16.1. The summed E-state index contributed by atoms with van der Waals surface area (Å²) in [5.74, 6) is 0.109. The van der Waals surface area contributed by atoms with Gasteiger partial charge in [0.25, 0.3) is 6.43 Å². The number of amidine groups is 1. The molecular weight excluding hydrogens is 490 g/mol. The molecular formula is C27H38F2N8O. The van der Waals surface area contributed by atoms with Crippen molar-refractivity contribution in [1.29, 1.82) is 5.41 Å². The first kappa shape index (κ1) is 26.4. The van der Waals surface area contributed by atoms with E-state index in [1.165, 1.54) is 0 Å². The summed E-state index contributed by atoms with van der Waals surface area (Å²) in [6.45, 7) is 3.92. The van der Waals surface area contributed by atoms with Gasteiger partial charge in [-0.2, -0.15) is 5.10 Å². The first-order chi connectivity index (χ1) is 18.4. The summed E-state index contributed by atoms with van der Waals surface area (Å²) in [5, 5.41) is 25.1. The van der Waals surface area contributed by atoms with E-state index in [1.807, 2.05) is 18.0 Å². The average Bonchev–Trinajstić information content (AvgIpc) is 3.38. The second-order valence-electron chi connectivity index (χ2n) is 10.6. The summed E-state index contributed by atoms with van der Waals surface area (Å²) < 4.78 is 28.7. The van der Waals surface area contributed by atoms with E-state index in [9.17, 15) is 19.0 Å². The smallest absolute Gasteiger partial charge is 0.317 e.